The summed E-state index contributed by atoms with van der Waals surface area (Å²) in [7, 11) is 0. The molecule has 10 rings (SSSR count). The summed E-state index contributed by atoms with van der Waals surface area (Å²) < 4.78 is 76.1. The average Bonchev–Trinajstić information content (AvgIpc) is 4.01. The number of aryl methyl sites for hydroxylation is 2. The van der Waals surface area contributed by atoms with Crippen molar-refractivity contribution in [3.05, 3.63) is 83.9 Å². The topological polar surface area (TPSA) is 165 Å². The predicted molar refractivity (Wildman–Crippen MR) is 328 cm³/mol. The molecule has 6 aliphatic heterocycles. The maximum atomic E-state index is 11.9. The summed E-state index contributed by atoms with van der Waals surface area (Å²) in [6, 6.07) is 21.3. The molecule has 86 heavy (non-hydrogen) atoms. The van der Waals surface area contributed by atoms with E-state index in [1.165, 1.54) is 11.1 Å². The standard InChI is InChI=1S/C38H58O8.C33H50O7/c39-35(40)17-7-2-1-6-16-31-32(24-23-30(44-36-18-8-11-25-41-36)22-21-29-14-4-3-5-15-29)34(46-38-20-10-13-27-43-38)28-33(31)45-37-19-9-12-26-42-37;34-20-19-28-27(18-17-26(38-31-12-4-7-21-35-31)16-15-25-10-2-1-3-11-25)29(39-32-13-5-8-22-36-32)24-30(28)40-33-14-6-9-23-37-33/h1,3-6,14-15,30-34,36-38H,2,7-13,16-28H2,(H,39,40);1-3,10-11,20,26-33H,4-9,12-19,21-24H2/b6-1-;/t30-,31+,32+,33-,34+,36?,37?,38?;26-,27+,28+,29+,30?,31?,32?,33?/m00/s1. The molecule has 2 aromatic carbocycles. The molecule has 0 bridgehead atoms. The highest BCUT2D eigenvalue weighted by Gasteiger charge is 2.48. The van der Waals surface area contributed by atoms with Gasteiger partial charge < -0.3 is 66.7 Å². The number of ether oxygens (including phenoxy) is 12. The Morgan fingerprint density at radius 2 is 0.814 bits per heavy atom. The van der Waals surface area contributed by atoms with E-state index in [-0.39, 0.29) is 104 Å². The van der Waals surface area contributed by atoms with Crippen molar-refractivity contribution in [3.8, 4) is 0 Å². The zero-order valence-corrected chi connectivity index (χ0v) is 52.0. The Labute approximate surface area is 515 Å². The van der Waals surface area contributed by atoms with Crippen LogP contribution in [0.4, 0.5) is 0 Å². The van der Waals surface area contributed by atoms with Crippen LogP contribution in [-0.2, 0) is 79.3 Å². The van der Waals surface area contributed by atoms with Gasteiger partial charge in [0.2, 0.25) is 0 Å². The van der Waals surface area contributed by atoms with Gasteiger partial charge in [-0.2, -0.15) is 0 Å². The second kappa shape index (κ2) is 38.5. The Morgan fingerprint density at radius 1 is 0.453 bits per heavy atom. The van der Waals surface area contributed by atoms with Crippen LogP contribution < -0.4 is 0 Å². The van der Waals surface area contributed by atoms with Crippen LogP contribution >= 0.6 is 0 Å². The number of carboxylic acids is 1. The fraction of sp³-hybridized carbons (Fsp3) is 0.775. The molecule has 8 fully saturated rings. The van der Waals surface area contributed by atoms with E-state index in [1.807, 2.05) is 0 Å². The number of unbranched alkanes of at least 4 members (excludes halogenated alkanes) is 1. The zero-order valence-electron chi connectivity index (χ0n) is 52.0. The lowest BCUT2D eigenvalue weighted by Gasteiger charge is -2.33. The summed E-state index contributed by atoms with van der Waals surface area (Å²) in [4.78, 5) is 22.9. The zero-order chi connectivity index (χ0) is 59.2. The Morgan fingerprint density at radius 3 is 1.16 bits per heavy atom. The van der Waals surface area contributed by atoms with Crippen molar-refractivity contribution in [1.29, 1.82) is 0 Å². The van der Waals surface area contributed by atoms with Crippen LogP contribution in [0.3, 0.4) is 0 Å². The lowest BCUT2D eigenvalue weighted by atomic mass is 9.85. The first-order valence-corrected chi connectivity index (χ1v) is 34.4. The molecule has 15 heteroatoms. The van der Waals surface area contributed by atoms with Crippen molar-refractivity contribution in [2.75, 3.05) is 39.6 Å². The van der Waals surface area contributed by atoms with Crippen molar-refractivity contribution < 1.29 is 71.5 Å². The number of benzene rings is 2. The number of carboxylic acid groups (broad SMARTS) is 1. The van der Waals surface area contributed by atoms with Crippen LogP contribution in [0, 0.1) is 23.7 Å². The number of hydrogen-bond donors (Lipinski definition) is 1. The van der Waals surface area contributed by atoms with Crippen molar-refractivity contribution in [2.45, 2.75) is 286 Å². The lowest BCUT2D eigenvalue weighted by molar-refractivity contribution is -0.205. The van der Waals surface area contributed by atoms with Gasteiger partial charge in [-0.05, 0) is 221 Å². The van der Waals surface area contributed by atoms with Gasteiger partial charge in [0.1, 0.15) is 6.29 Å². The number of carbonyl (C=O) groups excluding carboxylic acids is 1. The van der Waals surface area contributed by atoms with Crippen LogP contribution in [0.2, 0.25) is 0 Å². The van der Waals surface area contributed by atoms with E-state index in [2.05, 4.69) is 72.8 Å². The van der Waals surface area contributed by atoms with Crippen molar-refractivity contribution in [3.63, 3.8) is 0 Å². The number of aldehydes is 1. The van der Waals surface area contributed by atoms with Gasteiger partial charge in [-0.3, -0.25) is 4.79 Å². The second-order valence-corrected chi connectivity index (χ2v) is 25.7. The van der Waals surface area contributed by atoms with Gasteiger partial charge in [0.15, 0.2) is 37.7 Å². The Balaban J connectivity index is 0.000000207. The van der Waals surface area contributed by atoms with Gasteiger partial charge in [-0.15, -0.1) is 0 Å². The number of hydrogen-bond acceptors (Lipinski definition) is 14. The number of carbonyl (C=O) groups is 2. The van der Waals surface area contributed by atoms with Crippen molar-refractivity contribution >= 4 is 12.3 Å². The molecule has 0 spiro atoms. The molecule has 0 aromatic heterocycles. The monoisotopic (exact) mass is 1200 g/mol. The van der Waals surface area contributed by atoms with Gasteiger partial charge in [0.25, 0.3) is 0 Å². The minimum atomic E-state index is -0.738. The van der Waals surface area contributed by atoms with Crippen LogP contribution in [-0.4, -0.2) is 131 Å². The van der Waals surface area contributed by atoms with Crippen LogP contribution in [0.25, 0.3) is 0 Å². The smallest absolute Gasteiger partial charge is 0.303 e. The molecule has 2 aromatic rings. The predicted octanol–water partition coefficient (Wildman–Crippen LogP) is 14.3. The molecule has 6 saturated heterocycles. The Kier molecular flexibility index (Phi) is 30.1. The van der Waals surface area contributed by atoms with Crippen molar-refractivity contribution in [2.24, 2.45) is 23.7 Å². The van der Waals surface area contributed by atoms with E-state index in [1.54, 1.807) is 0 Å². The molecule has 2 saturated carbocycles. The molecule has 8 aliphatic rings. The lowest BCUT2D eigenvalue weighted by Crippen LogP contribution is -2.33. The number of aliphatic carboxylic acids is 1. The largest absolute Gasteiger partial charge is 0.481 e. The van der Waals surface area contributed by atoms with Crippen LogP contribution in [0.1, 0.15) is 210 Å². The molecule has 15 nitrogen and oxygen atoms in total. The van der Waals surface area contributed by atoms with E-state index in [9.17, 15) is 9.59 Å². The third-order valence-electron chi connectivity index (χ3n) is 19.3. The molecule has 6 heterocycles. The minimum Gasteiger partial charge on any atom is -0.481 e. The third kappa shape index (κ3) is 23.3. The van der Waals surface area contributed by atoms with E-state index in [0.717, 1.165) is 239 Å². The molecule has 7 unspecified atom stereocenters. The van der Waals surface area contributed by atoms with Gasteiger partial charge in [-0.1, -0.05) is 72.8 Å². The summed E-state index contributed by atoms with van der Waals surface area (Å²) in [6.07, 6.45) is 36.1. The third-order valence-corrected chi connectivity index (χ3v) is 19.3. The fourth-order valence-corrected chi connectivity index (χ4v) is 14.6. The highest BCUT2D eigenvalue weighted by molar-refractivity contribution is 5.66. The maximum absolute atomic E-state index is 11.9. The molecule has 2 aliphatic carbocycles. The highest BCUT2D eigenvalue weighted by Crippen LogP contribution is 2.46. The van der Waals surface area contributed by atoms with Gasteiger partial charge in [0.05, 0.1) is 36.6 Å². The van der Waals surface area contributed by atoms with E-state index < -0.39 is 5.97 Å². The second-order valence-electron chi connectivity index (χ2n) is 25.7. The summed E-state index contributed by atoms with van der Waals surface area (Å²) in [5.74, 6) is 0.142. The minimum absolute atomic E-state index is 0.00217. The molecule has 482 valence electrons. The molecular weight excluding hydrogens is 1090 g/mol. The van der Waals surface area contributed by atoms with Gasteiger partial charge >= 0.3 is 5.97 Å². The van der Waals surface area contributed by atoms with Gasteiger partial charge in [-0.25, -0.2) is 0 Å². The Bertz CT molecular complexity index is 2130. The molecule has 16 atom stereocenters. The van der Waals surface area contributed by atoms with Crippen LogP contribution in [0.5, 0.6) is 0 Å². The maximum Gasteiger partial charge on any atom is 0.303 e. The molecule has 0 amide bonds. The molecular formula is C71H108O15. The Hall–Kier alpha value is -3.16. The quantitative estimate of drug-likeness (QED) is 0.0417. The fourth-order valence-electron chi connectivity index (χ4n) is 14.6. The van der Waals surface area contributed by atoms with Gasteiger partial charge in [0, 0.05) is 65.3 Å². The first-order chi connectivity index (χ1) is 42.4. The van der Waals surface area contributed by atoms with E-state index >= 15 is 0 Å². The van der Waals surface area contributed by atoms with Crippen LogP contribution in [0.15, 0.2) is 72.8 Å². The summed E-state index contributed by atoms with van der Waals surface area (Å²) >= 11 is 0. The first kappa shape index (κ1) is 67.2. The van der Waals surface area contributed by atoms with E-state index in [4.69, 9.17) is 61.9 Å². The molecule has 0 radical (unpaired) electrons. The highest BCUT2D eigenvalue weighted by atomic mass is 16.7. The molecule has 1 N–H and O–H groups in total. The SMILES string of the molecule is O=C(O)CCC/C=C\C[C@@H]1[C@@H](CC[C@H](CCc2ccccc2)OC2CCCCO2)[C@H](OC2CCCCO2)C[C@@H]1OC1CCCCO1.O=CC[C@H]1C(OC2CCCCO2)C[C@@H](OC2CCCCO2)[C@@H]1CC[C@H](CCc1ccccc1)OC1CCCCO1. The average molecular weight is 1200 g/mol. The normalized spacial score (nSPS) is 32.5. The number of allylic oxidation sites excluding steroid dienone is 2. The first-order valence-electron chi connectivity index (χ1n) is 34.4. The van der Waals surface area contributed by atoms with Crippen molar-refractivity contribution in [1.82, 2.24) is 0 Å². The summed E-state index contributed by atoms with van der Waals surface area (Å²) in [5.41, 5.74) is 2.67. The summed E-state index contributed by atoms with van der Waals surface area (Å²) in [6.45, 7) is 4.58. The summed E-state index contributed by atoms with van der Waals surface area (Å²) in [5, 5.41) is 9.05. The van der Waals surface area contributed by atoms with E-state index in [0.29, 0.717) is 12.8 Å². The number of rotatable bonds is 32.